The Bertz CT molecular complexity index is 451. The van der Waals surface area contributed by atoms with Crippen LogP contribution in [0.2, 0.25) is 0 Å². The summed E-state index contributed by atoms with van der Waals surface area (Å²) in [6.07, 6.45) is 3.78. The molecule has 0 saturated heterocycles. The number of nitrogen functional groups attached to an aromatic ring is 1. The smallest absolute Gasteiger partial charge is 0.0503 e. The van der Waals surface area contributed by atoms with E-state index in [2.05, 4.69) is 18.1 Å². The molecule has 0 aliphatic carbocycles. The first-order valence-electron chi connectivity index (χ1n) is 5.22. The van der Waals surface area contributed by atoms with Crippen LogP contribution in [0, 0.1) is 6.92 Å². The van der Waals surface area contributed by atoms with Crippen LogP contribution in [0.5, 0.6) is 0 Å². The summed E-state index contributed by atoms with van der Waals surface area (Å²) in [6, 6.07) is 7.99. The second-order valence-electron chi connectivity index (χ2n) is 3.59. The largest absolute Gasteiger partial charge is 0.398 e. The molecule has 1 aromatic carbocycles. The molecule has 2 aromatic rings. The number of thioether (sulfide) groups is 1. The van der Waals surface area contributed by atoms with Crippen molar-refractivity contribution >= 4 is 17.4 Å². The van der Waals surface area contributed by atoms with E-state index >= 15 is 0 Å². The van der Waals surface area contributed by atoms with Gasteiger partial charge in [0, 0.05) is 28.7 Å². The molecule has 1 aromatic heterocycles. The Hall–Kier alpha value is -1.42. The second kappa shape index (κ2) is 5.07. The first-order valence-corrected chi connectivity index (χ1v) is 6.21. The summed E-state index contributed by atoms with van der Waals surface area (Å²) in [4.78, 5) is 1.26. The van der Waals surface area contributed by atoms with Crippen molar-refractivity contribution in [3.8, 4) is 0 Å². The van der Waals surface area contributed by atoms with Gasteiger partial charge in [-0.25, -0.2) is 0 Å². The normalized spacial score (nSPS) is 10.6. The minimum atomic E-state index is 0.865. The van der Waals surface area contributed by atoms with Crippen LogP contribution in [0.3, 0.4) is 0 Å². The van der Waals surface area contributed by atoms with Crippen LogP contribution in [-0.4, -0.2) is 15.5 Å². The highest BCUT2D eigenvalue weighted by atomic mass is 32.2. The molecule has 4 heteroatoms. The fourth-order valence-corrected chi connectivity index (χ4v) is 2.48. The molecule has 0 fully saturated rings. The van der Waals surface area contributed by atoms with E-state index in [-0.39, 0.29) is 0 Å². The van der Waals surface area contributed by atoms with Crippen LogP contribution in [0.1, 0.15) is 5.56 Å². The summed E-state index contributed by atoms with van der Waals surface area (Å²) in [5, 5.41) is 4.17. The van der Waals surface area contributed by atoms with Crippen molar-refractivity contribution < 1.29 is 0 Å². The third-order valence-corrected chi connectivity index (χ3v) is 3.60. The maximum Gasteiger partial charge on any atom is 0.0503 e. The SMILES string of the molecule is Cc1c(N)cccc1SCCn1cccn1. The van der Waals surface area contributed by atoms with Crippen molar-refractivity contribution in [1.29, 1.82) is 0 Å². The van der Waals surface area contributed by atoms with Gasteiger partial charge in [-0.05, 0) is 30.7 Å². The number of nitrogens with two attached hydrogens (primary N) is 1. The number of rotatable bonds is 4. The van der Waals surface area contributed by atoms with E-state index in [9.17, 15) is 0 Å². The first-order chi connectivity index (χ1) is 7.77. The third-order valence-electron chi connectivity index (χ3n) is 2.46. The van der Waals surface area contributed by atoms with Gasteiger partial charge in [-0.15, -0.1) is 11.8 Å². The van der Waals surface area contributed by atoms with E-state index in [0.717, 1.165) is 18.0 Å². The molecule has 0 amide bonds. The topological polar surface area (TPSA) is 43.8 Å². The van der Waals surface area contributed by atoms with Gasteiger partial charge in [-0.3, -0.25) is 4.68 Å². The van der Waals surface area contributed by atoms with E-state index in [0.29, 0.717) is 0 Å². The zero-order valence-electron chi connectivity index (χ0n) is 9.26. The molecule has 84 valence electrons. The highest BCUT2D eigenvalue weighted by Gasteiger charge is 2.01. The van der Waals surface area contributed by atoms with E-state index in [1.807, 2.05) is 40.8 Å². The van der Waals surface area contributed by atoms with Crippen LogP contribution in [-0.2, 0) is 6.54 Å². The molecule has 0 saturated carbocycles. The molecule has 3 nitrogen and oxygen atoms in total. The van der Waals surface area contributed by atoms with Crippen molar-refractivity contribution in [2.75, 3.05) is 11.5 Å². The van der Waals surface area contributed by atoms with Gasteiger partial charge in [0.05, 0.1) is 6.54 Å². The van der Waals surface area contributed by atoms with Crippen LogP contribution < -0.4 is 5.73 Å². The molecule has 2 rings (SSSR count). The van der Waals surface area contributed by atoms with Gasteiger partial charge in [-0.1, -0.05) is 6.07 Å². The quantitative estimate of drug-likeness (QED) is 0.652. The summed E-state index contributed by atoms with van der Waals surface area (Å²) in [7, 11) is 0. The van der Waals surface area contributed by atoms with E-state index in [4.69, 9.17) is 5.73 Å². The van der Waals surface area contributed by atoms with Crippen molar-refractivity contribution in [2.45, 2.75) is 18.4 Å². The number of aromatic nitrogens is 2. The molecule has 0 aliphatic rings. The molecule has 0 spiro atoms. The van der Waals surface area contributed by atoms with Gasteiger partial charge in [0.15, 0.2) is 0 Å². The van der Waals surface area contributed by atoms with Crippen molar-refractivity contribution in [3.63, 3.8) is 0 Å². The number of benzene rings is 1. The standard InChI is InChI=1S/C12H15N3S/c1-10-11(13)4-2-5-12(10)16-9-8-15-7-3-6-14-15/h2-7H,8-9,13H2,1H3. The fourth-order valence-electron chi connectivity index (χ4n) is 1.47. The average Bonchev–Trinajstić information content (AvgIpc) is 2.77. The molecular weight excluding hydrogens is 218 g/mol. The molecule has 0 radical (unpaired) electrons. The predicted molar refractivity (Wildman–Crippen MR) is 68.5 cm³/mol. The second-order valence-corrected chi connectivity index (χ2v) is 4.72. The van der Waals surface area contributed by atoms with Crippen LogP contribution in [0.4, 0.5) is 5.69 Å². The molecule has 1 heterocycles. The van der Waals surface area contributed by atoms with E-state index < -0.39 is 0 Å². The van der Waals surface area contributed by atoms with Crippen molar-refractivity contribution in [2.24, 2.45) is 0 Å². The zero-order valence-corrected chi connectivity index (χ0v) is 10.1. The lowest BCUT2D eigenvalue weighted by Gasteiger charge is -2.07. The Morgan fingerprint density at radius 1 is 1.38 bits per heavy atom. The van der Waals surface area contributed by atoms with Gasteiger partial charge >= 0.3 is 0 Å². The number of hydrogen-bond donors (Lipinski definition) is 1. The maximum atomic E-state index is 5.86. The summed E-state index contributed by atoms with van der Waals surface area (Å²) in [5.74, 6) is 1.01. The van der Waals surface area contributed by atoms with Gasteiger partial charge < -0.3 is 5.73 Å². The predicted octanol–water partition coefficient (Wildman–Crippen LogP) is 2.57. The average molecular weight is 233 g/mol. The Labute approximate surface area is 99.7 Å². The lowest BCUT2D eigenvalue weighted by Crippen LogP contribution is -2.00. The fraction of sp³-hybridized carbons (Fsp3) is 0.250. The van der Waals surface area contributed by atoms with Gasteiger partial charge in [0.2, 0.25) is 0 Å². The number of anilines is 1. The maximum absolute atomic E-state index is 5.86. The number of hydrogen-bond acceptors (Lipinski definition) is 3. The molecule has 2 N–H and O–H groups in total. The first kappa shape index (κ1) is 11.1. The Morgan fingerprint density at radius 2 is 2.25 bits per heavy atom. The molecule has 0 unspecified atom stereocenters. The molecule has 0 bridgehead atoms. The third kappa shape index (κ3) is 2.58. The minimum absolute atomic E-state index is 0.865. The molecule has 16 heavy (non-hydrogen) atoms. The zero-order chi connectivity index (χ0) is 11.4. The summed E-state index contributed by atoms with van der Waals surface area (Å²) < 4.78 is 1.94. The molecule has 0 atom stereocenters. The highest BCUT2D eigenvalue weighted by Crippen LogP contribution is 2.25. The summed E-state index contributed by atoms with van der Waals surface area (Å²) >= 11 is 1.82. The monoisotopic (exact) mass is 233 g/mol. The minimum Gasteiger partial charge on any atom is -0.398 e. The lowest BCUT2D eigenvalue weighted by atomic mass is 10.2. The summed E-state index contributed by atoms with van der Waals surface area (Å²) in [6.45, 7) is 2.98. The molecular formula is C12H15N3S. The highest BCUT2D eigenvalue weighted by molar-refractivity contribution is 7.99. The number of aryl methyl sites for hydroxylation is 1. The lowest BCUT2D eigenvalue weighted by molar-refractivity contribution is 0.666. The van der Waals surface area contributed by atoms with Crippen molar-refractivity contribution in [1.82, 2.24) is 9.78 Å². The van der Waals surface area contributed by atoms with Crippen molar-refractivity contribution in [3.05, 3.63) is 42.2 Å². The molecule has 0 aliphatic heterocycles. The Morgan fingerprint density at radius 3 is 3.00 bits per heavy atom. The van der Waals surface area contributed by atoms with Crippen LogP contribution in [0.25, 0.3) is 0 Å². The van der Waals surface area contributed by atoms with Gasteiger partial charge in [0.25, 0.3) is 0 Å². The Balaban J connectivity index is 1.92. The number of nitrogens with zero attached hydrogens (tertiary/aromatic N) is 2. The van der Waals surface area contributed by atoms with Gasteiger partial charge in [-0.2, -0.15) is 5.10 Å². The van der Waals surface area contributed by atoms with Gasteiger partial charge in [0.1, 0.15) is 0 Å². The van der Waals surface area contributed by atoms with Crippen LogP contribution >= 0.6 is 11.8 Å². The van der Waals surface area contributed by atoms with Crippen LogP contribution in [0.15, 0.2) is 41.6 Å². The van der Waals surface area contributed by atoms with E-state index in [1.54, 1.807) is 6.20 Å². The summed E-state index contributed by atoms with van der Waals surface area (Å²) in [5.41, 5.74) is 7.90. The Kier molecular flexibility index (Phi) is 3.51. The van der Waals surface area contributed by atoms with E-state index in [1.165, 1.54) is 10.5 Å².